The third-order valence-electron chi connectivity index (χ3n) is 0.703. The van der Waals surface area contributed by atoms with Gasteiger partial charge in [-0.05, 0) is 12.5 Å². The molecule has 0 aromatic carbocycles. The van der Waals surface area contributed by atoms with Crippen molar-refractivity contribution in [3.05, 3.63) is 12.2 Å². The van der Waals surface area contributed by atoms with E-state index in [2.05, 4.69) is 6.58 Å². The molecule has 1 nitrogen and oxygen atoms in total. The van der Waals surface area contributed by atoms with Gasteiger partial charge in [-0.3, -0.25) is 4.79 Å². The Hall–Kier alpha value is -0.590. The van der Waals surface area contributed by atoms with Crippen LogP contribution in [-0.4, -0.2) is 5.78 Å². The van der Waals surface area contributed by atoms with Crippen molar-refractivity contribution < 1.29 is 6.17 Å². The van der Waals surface area contributed by atoms with Crippen molar-refractivity contribution in [2.24, 2.45) is 0 Å². The van der Waals surface area contributed by atoms with Gasteiger partial charge in [0.15, 0.2) is 5.78 Å². The first-order chi connectivity index (χ1) is 3.68. The van der Waals surface area contributed by atoms with Gasteiger partial charge in [0.2, 0.25) is 0 Å². The largest absolute Gasteiger partial charge is 0.295 e. The average molecular weight is 99.2 g/mol. The van der Waals surface area contributed by atoms with Gasteiger partial charge in [0.25, 0.3) is 0 Å². The molecule has 0 fully saturated rings. The highest BCUT2D eigenvalue weighted by atomic mass is 16.1. The van der Waals surface area contributed by atoms with Gasteiger partial charge in [-0.25, -0.2) is 0 Å². The summed E-state index contributed by atoms with van der Waals surface area (Å²) in [5.41, 5.74) is 0.553. The lowest BCUT2D eigenvalue weighted by Crippen LogP contribution is -1.93. The molecular weight excluding hydrogens is 88.1 g/mol. The molecule has 0 aromatic heterocycles. The Labute approximate surface area is 45.4 Å². The van der Waals surface area contributed by atoms with E-state index in [9.17, 15) is 4.79 Å². The van der Waals surface area contributed by atoms with E-state index in [1.54, 1.807) is 6.92 Å². The molecule has 0 saturated carbocycles. The van der Waals surface area contributed by atoms with Crippen molar-refractivity contribution in [2.45, 2.75) is 20.2 Å². The highest BCUT2D eigenvalue weighted by Gasteiger charge is 1.93. The first-order valence-corrected chi connectivity index (χ1v) is 2.16. The van der Waals surface area contributed by atoms with Crippen LogP contribution in [0.3, 0.4) is 0 Å². The predicted octanol–water partition coefficient (Wildman–Crippen LogP) is 1.54. The van der Waals surface area contributed by atoms with Crippen LogP contribution in [0, 0.1) is 0 Å². The minimum atomic E-state index is 0.000000000000000222. The van der Waals surface area contributed by atoms with Crippen LogP contribution in [0.2, 0.25) is 0 Å². The molecule has 0 unspecified atom stereocenters. The standard InChI is InChI=1S/C6H10O/c1-4-6(7)5(2)3/h2,4H2,1,3H3/i1D. The maximum Gasteiger partial charge on any atom is 0.157 e. The fraction of sp³-hybridized carbons (Fsp3) is 0.500. The summed E-state index contributed by atoms with van der Waals surface area (Å²) >= 11 is 0. The van der Waals surface area contributed by atoms with Gasteiger partial charge >= 0.3 is 0 Å². The second-order valence-electron chi connectivity index (χ2n) is 1.45. The number of rotatable bonds is 2. The summed E-state index contributed by atoms with van der Waals surface area (Å²) in [6, 6.07) is 0. The van der Waals surface area contributed by atoms with E-state index < -0.39 is 0 Å². The number of Topliss-reactive ketones (excluding diaryl/α,β-unsaturated/α-hetero) is 1. The number of carbonyl (C=O) groups is 1. The maximum absolute atomic E-state index is 10.5. The van der Waals surface area contributed by atoms with Crippen LogP contribution < -0.4 is 0 Å². The first kappa shape index (κ1) is 4.57. The molecule has 40 valence electrons. The molecule has 0 aromatic rings. The van der Waals surface area contributed by atoms with Crippen LogP contribution in [0.4, 0.5) is 0 Å². The van der Waals surface area contributed by atoms with Crippen molar-refractivity contribution in [3.8, 4) is 0 Å². The van der Waals surface area contributed by atoms with E-state index in [0.717, 1.165) is 0 Å². The SMILES string of the molecule is [2H]CCC(=O)C(=C)C. The van der Waals surface area contributed by atoms with E-state index in [0.29, 0.717) is 12.0 Å². The van der Waals surface area contributed by atoms with Gasteiger partial charge in [-0.1, -0.05) is 13.5 Å². The lowest BCUT2D eigenvalue weighted by molar-refractivity contribution is -0.115. The summed E-state index contributed by atoms with van der Waals surface area (Å²) < 4.78 is 6.66. The number of carbonyl (C=O) groups excluding carboxylic acids is 1. The fourth-order valence-corrected chi connectivity index (χ4v) is 0.213. The minimum Gasteiger partial charge on any atom is -0.295 e. The number of hydrogen-bond donors (Lipinski definition) is 0. The Bertz CT molecular complexity index is 107. The van der Waals surface area contributed by atoms with Gasteiger partial charge < -0.3 is 0 Å². The van der Waals surface area contributed by atoms with Gasteiger partial charge in [0, 0.05) is 7.79 Å². The Kier molecular flexibility index (Phi) is 1.67. The fourth-order valence-electron chi connectivity index (χ4n) is 0.213. The summed E-state index contributed by atoms with van der Waals surface area (Å²) in [6.45, 7) is 5.28. The molecule has 0 saturated heterocycles. The molecule has 0 aliphatic carbocycles. The topological polar surface area (TPSA) is 17.1 Å². The third-order valence-corrected chi connectivity index (χ3v) is 0.703. The Morgan fingerprint density at radius 3 is 2.71 bits per heavy atom. The third kappa shape index (κ3) is 2.15. The summed E-state index contributed by atoms with van der Waals surface area (Å²) in [6.07, 6.45) is 0.315. The molecule has 0 heterocycles. The Morgan fingerprint density at radius 1 is 2.00 bits per heavy atom. The number of hydrogen-bond acceptors (Lipinski definition) is 1. The average Bonchev–Trinajstić information content (AvgIpc) is 1.67. The normalized spacial score (nSPS) is 10.1. The molecule has 0 spiro atoms. The molecule has 0 radical (unpaired) electrons. The molecule has 7 heavy (non-hydrogen) atoms. The van der Waals surface area contributed by atoms with Crippen molar-refractivity contribution in [1.82, 2.24) is 0 Å². The van der Waals surface area contributed by atoms with Crippen molar-refractivity contribution in [2.75, 3.05) is 0 Å². The van der Waals surface area contributed by atoms with Crippen LogP contribution in [0.1, 0.15) is 21.6 Å². The minimum absolute atomic E-state index is 0.000000000000000222. The zero-order chi connectivity index (χ0) is 6.57. The quantitative estimate of drug-likeness (QED) is 0.480. The maximum atomic E-state index is 10.5. The summed E-state index contributed by atoms with van der Waals surface area (Å²) in [5.74, 6) is 0.000000000000000222. The Balaban J connectivity index is 3.49. The van der Waals surface area contributed by atoms with Gasteiger partial charge in [-0.15, -0.1) is 0 Å². The van der Waals surface area contributed by atoms with Crippen molar-refractivity contribution in [3.63, 3.8) is 0 Å². The van der Waals surface area contributed by atoms with E-state index >= 15 is 0 Å². The van der Waals surface area contributed by atoms with E-state index in [1.807, 2.05) is 0 Å². The lowest BCUT2D eigenvalue weighted by atomic mass is 10.2. The van der Waals surface area contributed by atoms with Crippen LogP contribution in [0.15, 0.2) is 12.2 Å². The smallest absolute Gasteiger partial charge is 0.157 e. The zero-order valence-corrected chi connectivity index (χ0v) is 4.53. The summed E-state index contributed by atoms with van der Waals surface area (Å²) in [5, 5.41) is 0. The van der Waals surface area contributed by atoms with E-state index in [1.165, 1.54) is 0 Å². The monoisotopic (exact) mass is 99.1 g/mol. The van der Waals surface area contributed by atoms with E-state index in [-0.39, 0.29) is 12.7 Å². The number of ketones is 1. The highest BCUT2D eigenvalue weighted by Crippen LogP contribution is 1.91. The first-order valence-electron chi connectivity index (χ1n) is 2.87. The number of allylic oxidation sites excluding steroid dienone is 1. The molecular formula is C6H10O. The Morgan fingerprint density at radius 2 is 2.57 bits per heavy atom. The molecule has 0 atom stereocenters. The predicted molar refractivity (Wildman–Crippen MR) is 30.1 cm³/mol. The van der Waals surface area contributed by atoms with Crippen molar-refractivity contribution in [1.29, 1.82) is 0 Å². The highest BCUT2D eigenvalue weighted by molar-refractivity contribution is 5.93. The summed E-state index contributed by atoms with van der Waals surface area (Å²) in [7, 11) is 0. The second kappa shape index (κ2) is 2.56. The van der Waals surface area contributed by atoms with E-state index in [4.69, 9.17) is 1.37 Å². The van der Waals surface area contributed by atoms with Gasteiger partial charge in [-0.2, -0.15) is 0 Å². The van der Waals surface area contributed by atoms with Gasteiger partial charge in [0.05, 0.1) is 0 Å². The molecule has 1 heteroatoms. The van der Waals surface area contributed by atoms with Crippen LogP contribution in [0.5, 0.6) is 0 Å². The summed E-state index contributed by atoms with van der Waals surface area (Å²) in [4.78, 5) is 10.5. The van der Waals surface area contributed by atoms with Crippen molar-refractivity contribution >= 4 is 5.78 Å². The van der Waals surface area contributed by atoms with Crippen LogP contribution in [-0.2, 0) is 4.79 Å². The second-order valence-corrected chi connectivity index (χ2v) is 1.45. The molecule has 0 rings (SSSR count). The molecule has 0 aliphatic rings. The molecule has 0 aliphatic heterocycles. The van der Waals surface area contributed by atoms with Gasteiger partial charge in [0.1, 0.15) is 0 Å². The molecule has 0 N–H and O–H groups in total. The van der Waals surface area contributed by atoms with Crippen LogP contribution >= 0.6 is 0 Å². The zero-order valence-electron chi connectivity index (χ0n) is 5.53. The molecule has 0 amide bonds. The lowest BCUT2D eigenvalue weighted by Gasteiger charge is -1.87. The van der Waals surface area contributed by atoms with Crippen LogP contribution in [0.25, 0.3) is 0 Å². The molecule has 0 bridgehead atoms.